The maximum Gasteiger partial charge on any atom is 0.339 e. The molecule has 1 heterocycles. The Balaban J connectivity index is 1.75. The molecule has 1 N–H and O–H groups in total. The third-order valence-corrected chi connectivity index (χ3v) is 6.00. The van der Waals surface area contributed by atoms with E-state index in [4.69, 9.17) is 0 Å². The maximum atomic E-state index is 11.4. The lowest BCUT2D eigenvalue weighted by atomic mass is 9.54. The summed E-state index contributed by atoms with van der Waals surface area (Å²) in [6, 6.07) is 0.453. The first-order chi connectivity index (χ1) is 9.54. The summed E-state index contributed by atoms with van der Waals surface area (Å²) in [5.74, 6) is 2.49. The average Bonchev–Trinajstić information content (AvgIpc) is 2.63. The van der Waals surface area contributed by atoms with Crippen molar-refractivity contribution < 1.29 is 9.90 Å². The number of aryl methyl sites for hydroxylation is 1. The number of carboxylic acids is 1. The second-order valence-corrected chi connectivity index (χ2v) is 7.22. The van der Waals surface area contributed by atoms with Crippen molar-refractivity contribution in [2.24, 2.45) is 23.7 Å². The van der Waals surface area contributed by atoms with Gasteiger partial charge in [0, 0.05) is 0 Å². The van der Waals surface area contributed by atoms with E-state index in [2.05, 4.69) is 9.78 Å². The van der Waals surface area contributed by atoms with Crippen molar-refractivity contribution in [1.29, 1.82) is 0 Å². The highest BCUT2D eigenvalue weighted by atomic mass is 16.4. The molecule has 0 amide bonds. The first kappa shape index (κ1) is 12.4. The Morgan fingerprint density at radius 3 is 2.10 bits per heavy atom. The fourth-order valence-corrected chi connectivity index (χ4v) is 5.56. The SMILES string of the molecule is Cc1nn(C2C3CC4CC(C3)CC2C4)c(C)c1C(=O)O. The molecule has 4 nitrogen and oxygen atoms in total. The van der Waals surface area contributed by atoms with Gasteiger partial charge in [0.1, 0.15) is 5.56 Å². The molecule has 20 heavy (non-hydrogen) atoms. The zero-order chi connectivity index (χ0) is 14.0. The van der Waals surface area contributed by atoms with Gasteiger partial charge in [-0.1, -0.05) is 0 Å². The molecule has 4 fully saturated rings. The standard InChI is InChI=1S/C16H22N2O2/c1-8-14(16(19)20)9(2)18(17-8)15-12-4-10-3-11(6-12)7-13(15)5-10/h10-13,15H,3-7H2,1-2H3,(H,19,20). The van der Waals surface area contributed by atoms with E-state index in [1.165, 1.54) is 32.1 Å². The van der Waals surface area contributed by atoms with E-state index in [1.807, 2.05) is 13.8 Å². The van der Waals surface area contributed by atoms with Crippen molar-refractivity contribution in [3.05, 3.63) is 17.0 Å². The molecule has 4 bridgehead atoms. The predicted molar refractivity (Wildman–Crippen MR) is 74.7 cm³/mol. The molecule has 4 saturated carbocycles. The monoisotopic (exact) mass is 274 g/mol. The minimum Gasteiger partial charge on any atom is -0.478 e. The molecule has 4 heteroatoms. The van der Waals surface area contributed by atoms with Gasteiger partial charge in [-0.3, -0.25) is 4.68 Å². The van der Waals surface area contributed by atoms with Crippen LogP contribution in [-0.4, -0.2) is 20.9 Å². The maximum absolute atomic E-state index is 11.4. The summed E-state index contributed by atoms with van der Waals surface area (Å²) in [5.41, 5.74) is 1.94. The molecule has 5 rings (SSSR count). The van der Waals surface area contributed by atoms with E-state index in [9.17, 15) is 9.90 Å². The highest BCUT2D eigenvalue weighted by molar-refractivity contribution is 5.90. The van der Waals surface area contributed by atoms with Crippen LogP contribution in [0, 0.1) is 37.5 Å². The number of nitrogens with zero attached hydrogens (tertiary/aromatic N) is 2. The van der Waals surface area contributed by atoms with Crippen LogP contribution in [0.15, 0.2) is 0 Å². The number of aromatic carboxylic acids is 1. The molecule has 1 aromatic rings. The summed E-state index contributed by atoms with van der Waals surface area (Å²) in [7, 11) is 0. The predicted octanol–water partition coefficient (Wildman–Crippen LogP) is 3.20. The van der Waals surface area contributed by atoms with Gasteiger partial charge in [-0.05, 0) is 69.6 Å². The van der Waals surface area contributed by atoms with E-state index in [-0.39, 0.29) is 0 Å². The quantitative estimate of drug-likeness (QED) is 0.901. The molecule has 4 aliphatic carbocycles. The molecule has 1 aromatic heterocycles. The first-order valence-corrected chi connectivity index (χ1v) is 7.83. The topological polar surface area (TPSA) is 55.1 Å². The lowest BCUT2D eigenvalue weighted by Gasteiger charge is -2.54. The zero-order valence-electron chi connectivity index (χ0n) is 12.2. The van der Waals surface area contributed by atoms with Gasteiger partial charge in [-0.25, -0.2) is 4.79 Å². The van der Waals surface area contributed by atoms with Crippen molar-refractivity contribution in [1.82, 2.24) is 9.78 Å². The summed E-state index contributed by atoms with van der Waals surface area (Å²) in [6.07, 6.45) is 6.77. The Morgan fingerprint density at radius 2 is 1.65 bits per heavy atom. The lowest BCUT2D eigenvalue weighted by molar-refractivity contribution is -0.0344. The largest absolute Gasteiger partial charge is 0.478 e. The highest BCUT2D eigenvalue weighted by Crippen LogP contribution is 2.58. The molecule has 0 spiro atoms. The van der Waals surface area contributed by atoms with Crippen LogP contribution in [0.3, 0.4) is 0 Å². The number of carbonyl (C=O) groups is 1. The van der Waals surface area contributed by atoms with Crippen LogP contribution in [0.2, 0.25) is 0 Å². The first-order valence-electron chi connectivity index (χ1n) is 7.83. The van der Waals surface area contributed by atoms with Crippen molar-refractivity contribution >= 4 is 5.97 Å². The molecule has 0 atom stereocenters. The summed E-state index contributed by atoms with van der Waals surface area (Å²) < 4.78 is 2.08. The minimum absolute atomic E-state index is 0.416. The van der Waals surface area contributed by atoms with E-state index in [0.29, 0.717) is 17.3 Å². The van der Waals surface area contributed by atoms with Crippen LogP contribution in [-0.2, 0) is 0 Å². The van der Waals surface area contributed by atoms with Gasteiger partial charge >= 0.3 is 5.97 Å². The number of carboxylic acid groups (broad SMARTS) is 1. The van der Waals surface area contributed by atoms with Gasteiger partial charge in [0.2, 0.25) is 0 Å². The van der Waals surface area contributed by atoms with Crippen molar-refractivity contribution in [2.75, 3.05) is 0 Å². The molecule has 108 valence electrons. The third-order valence-electron chi connectivity index (χ3n) is 6.00. The Morgan fingerprint density at radius 1 is 1.10 bits per heavy atom. The molecule has 0 aromatic carbocycles. The third kappa shape index (κ3) is 1.60. The number of aromatic nitrogens is 2. The Labute approximate surface area is 119 Å². The van der Waals surface area contributed by atoms with Gasteiger partial charge in [0.15, 0.2) is 0 Å². The molecule has 0 saturated heterocycles. The number of hydrogen-bond donors (Lipinski definition) is 1. The normalized spacial score (nSPS) is 38.4. The van der Waals surface area contributed by atoms with Crippen molar-refractivity contribution in [2.45, 2.75) is 52.0 Å². The Hall–Kier alpha value is -1.32. The van der Waals surface area contributed by atoms with Crippen LogP contribution >= 0.6 is 0 Å². The smallest absolute Gasteiger partial charge is 0.339 e. The van der Waals surface area contributed by atoms with E-state index in [1.54, 1.807) is 0 Å². The van der Waals surface area contributed by atoms with Crippen LogP contribution < -0.4 is 0 Å². The van der Waals surface area contributed by atoms with Crippen LogP contribution in [0.4, 0.5) is 0 Å². The highest BCUT2D eigenvalue weighted by Gasteiger charge is 2.49. The molecule has 0 aliphatic heterocycles. The van der Waals surface area contributed by atoms with Gasteiger partial charge < -0.3 is 5.11 Å². The van der Waals surface area contributed by atoms with E-state index < -0.39 is 5.97 Å². The average molecular weight is 274 g/mol. The molecular formula is C16H22N2O2. The molecule has 0 radical (unpaired) electrons. The zero-order valence-corrected chi connectivity index (χ0v) is 12.2. The second kappa shape index (κ2) is 4.09. The van der Waals surface area contributed by atoms with Gasteiger partial charge in [-0.15, -0.1) is 0 Å². The van der Waals surface area contributed by atoms with Gasteiger partial charge in [-0.2, -0.15) is 5.10 Å². The second-order valence-electron chi connectivity index (χ2n) is 7.22. The summed E-state index contributed by atoms with van der Waals surface area (Å²) in [6.45, 7) is 3.75. The summed E-state index contributed by atoms with van der Waals surface area (Å²) in [4.78, 5) is 11.4. The molecular weight excluding hydrogens is 252 g/mol. The Kier molecular flexibility index (Phi) is 2.54. The van der Waals surface area contributed by atoms with Crippen LogP contribution in [0.5, 0.6) is 0 Å². The summed E-state index contributed by atoms with van der Waals surface area (Å²) in [5, 5.41) is 14.0. The van der Waals surface area contributed by atoms with Crippen LogP contribution in [0.1, 0.15) is 59.9 Å². The van der Waals surface area contributed by atoms with Crippen LogP contribution in [0.25, 0.3) is 0 Å². The molecule has 0 unspecified atom stereocenters. The summed E-state index contributed by atoms with van der Waals surface area (Å²) >= 11 is 0. The number of hydrogen-bond acceptors (Lipinski definition) is 2. The minimum atomic E-state index is -0.838. The van der Waals surface area contributed by atoms with Crippen molar-refractivity contribution in [3.63, 3.8) is 0 Å². The lowest BCUT2D eigenvalue weighted by Crippen LogP contribution is -2.46. The molecule has 4 aliphatic rings. The van der Waals surface area contributed by atoms with Crippen molar-refractivity contribution in [3.8, 4) is 0 Å². The number of rotatable bonds is 2. The fourth-order valence-electron chi connectivity index (χ4n) is 5.56. The van der Waals surface area contributed by atoms with E-state index >= 15 is 0 Å². The fraction of sp³-hybridized carbons (Fsp3) is 0.750. The Bertz CT molecular complexity index is 547. The van der Waals surface area contributed by atoms with Gasteiger partial charge in [0.25, 0.3) is 0 Å². The van der Waals surface area contributed by atoms with Gasteiger partial charge in [0.05, 0.1) is 17.4 Å². The van der Waals surface area contributed by atoms with E-state index in [0.717, 1.165) is 29.4 Å².